The van der Waals surface area contributed by atoms with Gasteiger partial charge >= 0.3 is 0 Å². The number of hydrogen-bond donors (Lipinski definition) is 0. The molecule has 0 amide bonds. The van der Waals surface area contributed by atoms with Gasteiger partial charge in [0.05, 0.1) is 6.10 Å². The summed E-state index contributed by atoms with van der Waals surface area (Å²) >= 11 is 0. The van der Waals surface area contributed by atoms with Crippen molar-refractivity contribution < 1.29 is 9.47 Å². The highest BCUT2D eigenvalue weighted by Crippen LogP contribution is 2.27. The average Bonchev–Trinajstić information content (AvgIpc) is 3.06. The molecule has 6 nitrogen and oxygen atoms in total. The van der Waals surface area contributed by atoms with Crippen molar-refractivity contribution >= 4 is 5.78 Å². The van der Waals surface area contributed by atoms with E-state index >= 15 is 0 Å². The summed E-state index contributed by atoms with van der Waals surface area (Å²) in [5.41, 5.74) is 0.836. The van der Waals surface area contributed by atoms with Crippen molar-refractivity contribution in [1.29, 1.82) is 0 Å². The first-order valence-corrected chi connectivity index (χ1v) is 8.40. The fourth-order valence-corrected chi connectivity index (χ4v) is 3.05. The van der Waals surface area contributed by atoms with Gasteiger partial charge in [0.25, 0.3) is 5.78 Å². The van der Waals surface area contributed by atoms with Gasteiger partial charge in [-0.3, -0.25) is 0 Å². The molecule has 4 rings (SSSR count). The van der Waals surface area contributed by atoms with Crippen LogP contribution in [0.2, 0.25) is 0 Å². The Hall–Kier alpha value is -2.63. The van der Waals surface area contributed by atoms with Crippen LogP contribution in [0.5, 0.6) is 17.4 Å². The molecule has 2 heterocycles. The highest BCUT2D eigenvalue weighted by Gasteiger charge is 2.15. The van der Waals surface area contributed by atoms with E-state index in [-0.39, 0.29) is 0 Å². The molecule has 1 aliphatic rings. The van der Waals surface area contributed by atoms with Gasteiger partial charge in [-0.15, -0.1) is 0 Å². The lowest BCUT2D eigenvalue weighted by Gasteiger charge is -2.23. The fraction of sp³-hybridized carbons (Fsp3) is 0.389. The first-order chi connectivity index (χ1) is 11.8. The molecule has 124 valence electrons. The van der Waals surface area contributed by atoms with Crippen LogP contribution in [0.4, 0.5) is 0 Å². The molecular weight excluding hydrogens is 304 g/mol. The number of benzene rings is 1. The first kappa shape index (κ1) is 14.9. The molecule has 0 spiro atoms. The van der Waals surface area contributed by atoms with E-state index in [9.17, 15) is 0 Å². The average molecular weight is 324 g/mol. The van der Waals surface area contributed by atoms with Gasteiger partial charge in [0.15, 0.2) is 0 Å². The van der Waals surface area contributed by atoms with Gasteiger partial charge in [0, 0.05) is 11.8 Å². The van der Waals surface area contributed by atoms with Crippen molar-refractivity contribution in [3.8, 4) is 17.4 Å². The molecule has 0 saturated heterocycles. The first-order valence-electron chi connectivity index (χ1n) is 8.40. The predicted molar refractivity (Wildman–Crippen MR) is 89.5 cm³/mol. The van der Waals surface area contributed by atoms with E-state index in [1.165, 1.54) is 25.6 Å². The number of rotatable bonds is 4. The minimum Gasteiger partial charge on any atom is -0.490 e. The van der Waals surface area contributed by atoms with E-state index in [0.29, 0.717) is 17.8 Å². The maximum Gasteiger partial charge on any atom is 0.255 e. The van der Waals surface area contributed by atoms with Crippen molar-refractivity contribution in [2.24, 2.45) is 0 Å². The molecule has 0 bridgehead atoms. The maximum atomic E-state index is 6.04. The maximum absolute atomic E-state index is 6.04. The van der Waals surface area contributed by atoms with E-state index in [4.69, 9.17) is 9.47 Å². The summed E-state index contributed by atoms with van der Waals surface area (Å²) in [6.45, 7) is 1.91. The lowest BCUT2D eigenvalue weighted by atomic mass is 9.98. The standard InChI is InChI=1S/C18H20N4O2/c1-13-11-17(22-18(21-13)19-12-20-22)24-16-9-7-15(8-10-16)23-14-5-3-2-4-6-14/h7-12,14H,2-6H2,1H3. The Balaban J connectivity index is 1.49. The van der Waals surface area contributed by atoms with Crippen LogP contribution in [-0.2, 0) is 0 Å². The monoisotopic (exact) mass is 324 g/mol. The third kappa shape index (κ3) is 3.18. The Morgan fingerprint density at radius 2 is 1.79 bits per heavy atom. The Kier molecular flexibility index (Phi) is 4.02. The van der Waals surface area contributed by atoms with Crippen LogP contribution in [0.3, 0.4) is 0 Å². The summed E-state index contributed by atoms with van der Waals surface area (Å²) in [6, 6.07) is 9.58. The minimum absolute atomic E-state index is 0.350. The topological polar surface area (TPSA) is 61.5 Å². The van der Waals surface area contributed by atoms with Crippen LogP contribution < -0.4 is 9.47 Å². The highest BCUT2D eigenvalue weighted by molar-refractivity contribution is 5.37. The van der Waals surface area contributed by atoms with Crippen molar-refractivity contribution in [3.05, 3.63) is 42.4 Å². The smallest absolute Gasteiger partial charge is 0.255 e. The molecular formula is C18H20N4O2. The molecule has 0 N–H and O–H groups in total. The van der Waals surface area contributed by atoms with Gasteiger partial charge in [0.2, 0.25) is 5.88 Å². The molecule has 6 heteroatoms. The molecule has 0 unspecified atom stereocenters. The summed E-state index contributed by atoms with van der Waals surface area (Å²) in [4.78, 5) is 8.41. The summed E-state index contributed by atoms with van der Waals surface area (Å²) in [5, 5.41) is 4.14. The molecule has 0 aliphatic heterocycles. The molecule has 24 heavy (non-hydrogen) atoms. The second kappa shape index (κ2) is 6.47. The van der Waals surface area contributed by atoms with Gasteiger partial charge in [-0.1, -0.05) is 6.42 Å². The number of hydrogen-bond acceptors (Lipinski definition) is 5. The largest absolute Gasteiger partial charge is 0.490 e. The second-order valence-electron chi connectivity index (χ2n) is 6.16. The zero-order valence-corrected chi connectivity index (χ0v) is 13.7. The van der Waals surface area contributed by atoms with Crippen LogP contribution in [0.15, 0.2) is 36.7 Å². The van der Waals surface area contributed by atoms with Crippen LogP contribution in [0.1, 0.15) is 37.8 Å². The number of aromatic nitrogens is 4. The van der Waals surface area contributed by atoms with Gasteiger partial charge < -0.3 is 9.47 Å². The molecule has 1 saturated carbocycles. The summed E-state index contributed by atoms with van der Waals surface area (Å²) < 4.78 is 13.6. The van der Waals surface area contributed by atoms with Crippen LogP contribution in [0, 0.1) is 6.92 Å². The third-order valence-electron chi connectivity index (χ3n) is 4.25. The van der Waals surface area contributed by atoms with Crippen LogP contribution in [-0.4, -0.2) is 25.7 Å². The van der Waals surface area contributed by atoms with Crippen molar-refractivity contribution in [2.75, 3.05) is 0 Å². The predicted octanol–water partition coefficient (Wildman–Crippen LogP) is 3.94. The molecule has 3 aromatic rings. The molecule has 0 radical (unpaired) electrons. The summed E-state index contributed by atoms with van der Waals surface area (Å²) in [7, 11) is 0. The Morgan fingerprint density at radius 3 is 2.58 bits per heavy atom. The van der Waals surface area contributed by atoms with Crippen molar-refractivity contribution in [1.82, 2.24) is 19.6 Å². The number of fused-ring (bicyclic) bond motifs is 1. The van der Waals surface area contributed by atoms with E-state index in [2.05, 4.69) is 15.1 Å². The van der Waals surface area contributed by atoms with Gasteiger partial charge in [-0.05, 0) is 56.9 Å². The quantitative estimate of drug-likeness (QED) is 0.727. The van der Waals surface area contributed by atoms with Crippen LogP contribution >= 0.6 is 0 Å². The lowest BCUT2D eigenvalue weighted by Crippen LogP contribution is -2.19. The van der Waals surface area contributed by atoms with Crippen molar-refractivity contribution in [3.63, 3.8) is 0 Å². The highest BCUT2D eigenvalue weighted by atomic mass is 16.5. The van der Waals surface area contributed by atoms with Gasteiger partial charge in [0.1, 0.15) is 17.8 Å². The zero-order chi connectivity index (χ0) is 16.4. The Labute approximate surface area is 140 Å². The van der Waals surface area contributed by atoms with Gasteiger partial charge in [-0.2, -0.15) is 14.6 Å². The fourth-order valence-electron chi connectivity index (χ4n) is 3.05. The zero-order valence-electron chi connectivity index (χ0n) is 13.7. The van der Waals surface area contributed by atoms with Gasteiger partial charge in [-0.25, -0.2) is 4.98 Å². The number of nitrogens with zero attached hydrogens (tertiary/aromatic N) is 4. The third-order valence-corrected chi connectivity index (χ3v) is 4.25. The minimum atomic E-state index is 0.350. The lowest BCUT2D eigenvalue weighted by molar-refractivity contribution is 0.155. The Morgan fingerprint density at radius 1 is 1.04 bits per heavy atom. The molecule has 1 fully saturated rings. The van der Waals surface area contributed by atoms with E-state index in [0.717, 1.165) is 30.0 Å². The van der Waals surface area contributed by atoms with Crippen molar-refractivity contribution in [2.45, 2.75) is 45.1 Å². The Bertz CT molecular complexity index is 823. The molecule has 0 atom stereocenters. The molecule has 1 aliphatic carbocycles. The van der Waals surface area contributed by atoms with E-state index in [1.54, 1.807) is 4.52 Å². The van der Waals surface area contributed by atoms with E-state index < -0.39 is 0 Å². The SMILES string of the molecule is Cc1cc(Oc2ccc(OC3CCCCC3)cc2)n2ncnc2n1. The molecule has 1 aromatic carbocycles. The normalized spacial score (nSPS) is 15.5. The second-order valence-corrected chi connectivity index (χ2v) is 6.16. The van der Waals surface area contributed by atoms with Crippen LogP contribution in [0.25, 0.3) is 5.78 Å². The number of ether oxygens (including phenoxy) is 2. The summed E-state index contributed by atoms with van der Waals surface area (Å²) in [6.07, 6.45) is 7.98. The van der Waals surface area contributed by atoms with E-state index in [1.807, 2.05) is 37.3 Å². The summed E-state index contributed by atoms with van der Waals surface area (Å²) in [5.74, 6) is 2.75. The molecule has 2 aromatic heterocycles. The number of aryl methyl sites for hydroxylation is 1.